The number of nitrogens with one attached hydrogen (secondary N) is 1. The number of amides is 1. The SMILES string of the molecule is CC(C)C(NC(=O)CC(C)(C)C(=O)O)c1ccccc1Cl. The first-order valence-electron chi connectivity index (χ1n) is 6.92. The van der Waals surface area contributed by atoms with E-state index in [4.69, 9.17) is 16.7 Å². The molecule has 0 heterocycles. The van der Waals surface area contributed by atoms with Crippen LogP contribution in [-0.2, 0) is 9.59 Å². The Morgan fingerprint density at radius 1 is 1.29 bits per heavy atom. The summed E-state index contributed by atoms with van der Waals surface area (Å²) in [6.45, 7) is 7.04. The minimum Gasteiger partial charge on any atom is -0.481 e. The molecular formula is C16H22ClNO3. The molecule has 0 aliphatic carbocycles. The second-order valence-corrected chi connectivity index (χ2v) is 6.58. The molecule has 1 amide bonds. The van der Waals surface area contributed by atoms with Gasteiger partial charge in [-0.1, -0.05) is 43.6 Å². The van der Waals surface area contributed by atoms with Crippen molar-refractivity contribution in [2.45, 2.75) is 40.2 Å². The Hall–Kier alpha value is -1.55. The first kappa shape index (κ1) is 17.5. The lowest BCUT2D eigenvalue weighted by Crippen LogP contribution is -2.37. The number of carbonyl (C=O) groups excluding carboxylic acids is 1. The molecule has 116 valence electrons. The number of carbonyl (C=O) groups is 2. The number of hydrogen-bond acceptors (Lipinski definition) is 2. The number of hydrogen-bond donors (Lipinski definition) is 2. The maximum atomic E-state index is 12.1. The molecule has 0 aromatic heterocycles. The van der Waals surface area contributed by atoms with E-state index in [2.05, 4.69) is 5.32 Å². The highest BCUT2D eigenvalue weighted by Gasteiger charge is 2.31. The predicted molar refractivity (Wildman–Crippen MR) is 83.2 cm³/mol. The molecule has 0 saturated heterocycles. The van der Waals surface area contributed by atoms with Crippen LogP contribution in [0.2, 0.25) is 5.02 Å². The first-order valence-corrected chi connectivity index (χ1v) is 7.30. The molecule has 0 radical (unpaired) electrons. The molecule has 1 aromatic rings. The summed E-state index contributed by atoms with van der Waals surface area (Å²) in [5.74, 6) is -1.14. The summed E-state index contributed by atoms with van der Waals surface area (Å²) in [6, 6.07) is 7.10. The van der Waals surface area contributed by atoms with E-state index in [0.717, 1.165) is 5.56 Å². The van der Waals surface area contributed by atoms with E-state index in [1.807, 2.05) is 32.0 Å². The summed E-state index contributed by atoms with van der Waals surface area (Å²) in [6.07, 6.45) is -0.0734. The molecule has 0 aliphatic heterocycles. The highest BCUT2D eigenvalue weighted by molar-refractivity contribution is 6.31. The van der Waals surface area contributed by atoms with E-state index in [1.165, 1.54) is 13.8 Å². The summed E-state index contributed by atoms with van der Waals surface area (Å²) < 4.78 is 0. The topological polar surface area (TPSA) is 66.4 Å². The van der Waals surface area contributed by atoms with Gasteiger partial charge in [-0.3, -0.25) is 9.59 Å². The molecule has 0 fully saturated rings. The minimum atomic E-state index is -1.09. The highest BCUT2D eigenvalue weighted by atomic mass is 35.5. The molecule has 2 N–H and O–H groups in total. The van der Waals surface area contributed by atoms with Crippen LogP contribution in [0.15, 0.2) is 24.3 Å². The van der Waals surface area contributed by atoms with Gasteiger partial charge in [0.2, 0.25) is 5.91 Å². The van der Waals surface area contributed by atoms with E-state index in [1.54, 1.807) is 6.07 Å². The number of aliphatic carboxylic acids is 1. The van der Waals surface area contributed by atoms with Crippen molar-refractivity contribution in [1.82, 2.24) is 5.32 Å². The van der Waals surface area contributed by atoms with Gasteiger partial charge in [0, 0.05) is 11.4 Å². The van der Waals surface area contributed by atoms with Crippen molar-refractivity contribution in [3.8, 4) is 0 Å². The zero-order valence-corrected chi connectivity index (χ0v) is 13.6. The molecule has 1 rings (SSSR count). The van der Waals surface area contributed by atoms with Crippen LogP contribution >= 0.6 is 11.6 Å². The summed E-state index contributed by atoms with van der Waals surface area (Å²) in [5, 5.41) is 12.6. The number of rotatable bonds is 6. The average Bonchev–Trinajstić information content (AvgIpc) is 2.36. The molecule has 5 heteroatoms. The van der Waals surface area contributed by atoms with Crippen LogP contribution in [-0.4, -0.2) is 17.0 Å². The Balaban J connectivity index is 2.88. The monoisotopic (exact) mass is 311 g/mol. The maximum Gasteiger partial charge on any atom is 0.309 e. The zero-order valence-electron chi connectivity index (χ0n) is 12.8. The third-order valence-electron chi connectivity index (χ3n) is 3.40. The van der Waals surface area contributed by atoms with Gasteiger partial charge < -0.3 is 10.4 Å². The molecule has 0 bridgehead atoms. The molecule has 0 aliphatic rings. The summed E-state index contributed by atoms with van der Waals surface area (Å²) >= 11 is 6.18. The highest BCUT2D eigenvalue weighted by Crippen LogP contribution is 2.29. The number of halogens is 1. The van der Waals surface area contributed by atoms with Crippen molar-refractivity contribution < 1.29 is 14.7 Å². The van der Waals surface area contributed by atoms with E-state index >= 15 is 0 Å². The van der Waals surface area contributed by atoms with Crippen LogP contribution in [0.5, 0.6) is 0 Å². The van der Waals surface area contributed by atoms with Crippen molar-refractivity contribution in [3.63, 3.8) is 0 Å². The van der Waals surface area contributed by atoms with Crippen molar-refractivity contribution in [2.75, 3.05) is 0 Å². The van der Waals surface area contributed by atoms with Gasteiger partial charge in [0.25, 0.3) is 0 Å². The quantitative estimate of drug-likeness (QED) is 0.842. The molecular weight excluding hydrogens is 290 g/mol. The summed E-state index contributed by atoms with van der Waals surface area (Å²) in [5.41, 5.74) is -0.248. The molecule has 1 aromatic carbocycles. The second-order valence-electron chi connectivity index (χ2n) is 6.18. The molecule has 4 nitrogen and oxygen atoms in total. The smallest absolute Gasteiger partial charge is 0.309 e. The molecule has 0 saturated carbocycles. The first-order chi connectivity index (χ1) is 9.65. The normalized spacial score (nSPS) is 13.0. The molecule has 0 spiro atoms. The van der Waals surface area contributed by atoms with Crippen molar-refractivity contribution in [3.05, 3.63) is 34.9 Å². The van der Waals surface area contributed by atoms with Crippen LogP contribution in [0.1, 0.15) is 45.7 Å². The molecule has 21 heavy (non-hydrogen) atoms. The van der Waals surface area contributed by atoms with Gasteiger partial charge in [-0.05, 0) is 31.4 Å². The average molecular weight is 312 g/mol. The summed E-state index contributed by atoms with van der Waals surface area (Å²) in [7, 11) is 0. The van der Waals surface area contributed by atoms with Gasteiger partial charge in [0.1, 0.15) is 0 Å². The fourth-order valence-electron chi connectivity index (χ4n) is 2.03. The van der Waals surface area contributed by atoms with Gasteiger partial charge in [0.05, 0.1) is 11.5 Å². The van der Waals surface area contributed by atoms with Crippen molar-refractivity contribution in [1.29, 1.82) is 0 Å². The number of benzene rings is 1. The van der Waals surface area contributed by atoms with Gasteiger partial charge >= 0.3 is 5.97 Å². The van der Waals surface area contributed by atoms with E-state index in [-0.39, 0.29) is 24.3 Å². The minimum absolute atomic E-state index is 0.0734. The molecule has 1 atom stereocenters. The summed E-state index contributed by atoms with van der Waals surface area (Å²) in [4.78, 5) is 23.2. The van der Waals surface area contributed by atoms with Crippen LogP contribution in [0.3, 0.4) is 0 Å². The van der Waals surface area contributed by atoms with Crippen molar-refractivity contribution in [2.24, 2.45) is 11.3 Å². The maximum absolute atomic E-state index is 12.1. The van der Waals surface area contributed by atoms with Gasteiger partial charge in [0.15, 0.2) is 0 Å². The Bertz CT molecular complexity index is 526. The third kappa shape index (κ3) is 4.74. The van der Waals surface area contributed by atoms with Gasteiger partial charge in [-0.25, -0.2) is 0 Å². The van der Waals surface area contributed by atoms with Crippen LogP contribution in [0.25, 0.3) is 0 Å². The van der Waals surface area contributed by atoms with Crippen LogP contribution in [0, 0.1) is 11.3 Å². The van der Waals surface area contributed by atoms with Crippen LogP contribution < -0.4 is 5.32 Å². The van der Waals surface area contributed by atoms with E-state index in [0.29, 0.717) is 5.02 Å². The third-order valence-corrected chi connectivity index (χ3v) is 3.75. The lowest BCUT2D eigenvalue weighted by molar-refractivity contribution is -0.149. The fourth-order valence-corrected chi connectivity index (χ4v) is 2.29. The lowest BCUT2D eigenvalue weighted by Gasteiger charge is -2.26. The Morgan fingerprint density at radius 2 is 1.86 bits per heavy atom. The molecule has 1 unspecified atom stereocenters. The largest absolute Gasteiger partial charge is 0.481 e. The van der Waals surface area contributed by atoms with Crippen LogP contribution in [0.4, 0.5) is 0 Å². The van der Waals surface area contributed by atoms with Crippen molar-refractivity contribution >= 4 is 23.5 Å². The van der Waals surface area contributed by atoms with E-state index < -0.39 is 11.4 Å². The Labute approximate surface area is 130 Å². The van der Waals surface area contributed by atoms with E-state index in [9.17, 15) is 9.59 Å². The van der Waals surface area contributed by atoms with Gasteiger partial charge in [-0.15, -0.1) is 0 Å². The lowest BCUT2D eigenvalue weighted by atomic mass is 9.88. The fraction of sp³-hybridized carbons (Fsp3) is 0.500. The predicted octanol–water partition coefficient (Wildman–Crippen LogP) is 3.65. The second kappa shape index (κ2) is 6.94. The Morgan fingerprint density at radius 3 is 2.33 bits per heavy atom. The Kier molecular flexibility index (Phi) is 5.78. The van der Waals surface area contributed by atoms with Gasteiger partial charge in [-0.2, -0.15) is 0 Å². The zero-order chi connectivity index (χ0) is 16.2. The standard InChI is InChI=1S/C16H22ClNO3/c1-10(2)14(11-7-5-6-8-12(11)17)18-13(19)9-16(3,4)15(20)21/h5-8,10,14H,9H2,1-4H3,(H,18,19)(H,20,21). The number of carboxylic acid groups (broad SMARTS) is 1. The number of carboxylic acids is 1.